The van der Waals surface area contributed by atoms with Crippen LogP contribution in [-0.4, -0.2) is 31.8 Å². The molecule has 0 radical (unpaired) electrons. The highest BCUT2D eigenvalue weighted by atomic mass is 35.5. The van der Waals surface area contributed by atoms with Gasteiger partial charge in [0.25, 0.3) is 11.8 Å². The van der Waals surface area contributed by atoms with Crippen LogP contribution < -0.4 is 20.9 Å². The topological polar surface area (TPSA) is 90.5 Å². The number of nitrogens with one attached hydrogen (secondary N) is 3. The van der Waals surface area contributed by atoms with Crippen molar-refractivity contribution in [3.63, 3.8) is 0 Å². The van der Waals surface area contributed by atoms with Crippen LogP contribution in [0, 0.1) is 6.92 Å². The Morgan fingerprint density at radius 2 is 1.44 bits per heavy atom. The van der Waals surface area contributed by atoms with E-state index in [0.29, 0.717) is 22.0 Å². The molecule has 7 nitrogen and oxygen atoms in total. The zero-order valence-electron chi connectivity index (χ0n) is 26.7. The lowest BCUT2D eigenvalue weighted by molar-refractivity contribution is -0.116. The van der Waals surface area contributed by atoms with Crippen molar-refractivity contribution in [3.05, 3.63) is 160 Å². The summed E-state index contributed by atoms with van der Waals surface area (Å²) in [5.74, 6) is -1.11. The van der Waals surface area contributed by atoms with Gasteiger partial charge in [0, 0.05) is 46.6 Å². The van der Waals surface area contributed by atoms with Gasteiger partial charge in [-0.3, -0.25) is 14.4 Å². The number of carbonyl (C=O) groups excluding carboxylic acids is 3. The molecular weight excluding hydrogens is 640 g/mol. The number of carbonyl (C=O) groups is 3. The molecule has 242 valence electrons. The number of amides is 3. The van der Waals surface area contributed by atoms with Crippen molar-refractivity contribution in [3.8, 4) is 0 Å². The van der Waals surface area contributed by atoms with E-state index < -0.39 is 17.1 Å². The molecule has 5 rings (SSSR count). The number of thioether (sulfide) groups is 1. The van der Waals surface area contributed by atoms with Crippen LogP contribution in [0.2, 0.25) is 5.02 Å². The molecule has 5 aromatic carbocycles. The number of benzene rings is 5. The maximum absolute atomic E-state index is 13.7. The first-order valence-corrected chi connectivity index (χ1v) is 16.5. The second kappa shape index (κ2) is 16.0. The minimum atomic E-state index is -0.596. The van der Waals surface area contributed by atoms with Crippen molar-refractivity contribution in [2.45, 2.75) is 17.1 Å². The minimum absolute atomic E-state index is 0.0814. The number of rotatable bonds is 11. The molecule has 9 heteroatoms. The molecule has 0 bridgehead atoms. The summed E-state index contributed by atoms with van der Waals surface area (Å²) in [6.45, 7) is 1.86. The Kier molecular flexibility index (Phi) is 11.3. The molecule has 0 aliphatic rings. The van der Waals surface area contributed by atoms with Gasteiger partial charge in [0.1, 0.15) is 10.9 Å². The minimum Gasteiger partial charge on any atom is -0.378 e. The number of nitrogens with zero attached hydrogens (tertiary/aromatic N) is 1. The maximum Gasteiger partial charge on any atom is 0.272 e. The lowest BCUT2D eigenvalue weighted by Gasteiger charge is -2.19. The summed E-state index contributed by atoms with van der Waals surface area (Å²) in [6, 6.07) is 38.5. The molecule has 0 saturated carbocycles. The highest BCUT2D eigenvalue weighted by Gasteiger charge is 2.23. The normalized spacial score (nSPS) is 11.7. The third-order valence-electron chi connectivity index (χ3n) is 7.46. The highest BCUT2D eigenvalue weighted by Crippen LogP contribution is 2.38. The van der Waals surface area contributed by atoms with Gasteiger partial charge in [0.15, 0.2) is 0 Å². The summed E-state index contributed by atoms with van der Waals surface area (Å²) < 4.78 is 0. The van der Waals surface area contributed by atoms with Gasteiger partial charge in [-0.15, -0.1) is 11.8 Å². The smallest absolute Gasteiger partial charge is 0.272 e. The number of hydrogen-bond acceptors (Lipinski definition) is 5. The van der Waals surface area contributed by atoms with Crippen molar-refractivity contribution < 1.29 is 14.4 Å². The fraction of sp³-hybridized carbons (Fsp3) is 0.103. The van der Waals surface area contributed by atoms with Crippen LogP contribution in [0.5, 0.6) is 0 Å². The van der Waals surface area contributed by atoms with Crippen molar-refractivity contribution in [2.75, 3.05) is 29.6 Å². The lowest BCUT2D eigenvalue weighted by Crippen LogP contribution is -2.30. The van der Waals surface area contributed by atoms with E-state index in [0.717, 1.165) is 27.3 Å². The van der Waals surface area contributed by atoms with Gasteiger partial charge in [0.05, 0.1) is 0 Å². The Morgan fingerprint density at radius 3 is 2.12 bits per heavy atom. The summed E-state index contributed by atoms with van der Waals surface area (Å²) in [6.07, 6.45) is 1.64. The molecule has 0 aliphatic heterocycles. The van der Waals surface area contributed by atoms with E-state index in [4.69, 9.17) is 11.6 Å². The summed E-state index contributed by atoms with van der Waals surface area (Å²) in [4.78, 5) is 43.2. The highest BCUT2D eigenvalue weighted by molar-refractivity contribution is 8.00. The van der Waals surface area contributed by atoms with Gasteiger partial charge >= 0.3 is 0 Å². The monoisotopic (exact) mass is 674 g/mol. The van der Waals surface area contributed by atoms with E-state index in [2.05, 4.69) is 16.0 Å². The molecule has 0 spiro atoms. The zero-order valence-corrected chi connectivity index (χ0v) is 28.3. The SMILES string of the molecule is Cc1c(Cl)cccc1NC(=O)C(Sc1cccc(NC(=O)/C(=C\c2ccc(N(C)C)cc2)NC(=O)c2ccccc2)c1)c1ccccc1. The molecular formula is C39H35ClN4O3S. The van der Waals surface area contributed by atoms with Gasteiger partial charge < -0.3 is 20.9 Å². The zero-order chi connectivity index (χ0) is 34.0. The first-order chi connectivity index (χ1) is 23.2. The van der Waals surface area contributed by atoms with Crippen molar-refractivity contribution >= 4 is 64.2 Å². The van der Waals surface area contributed by atoms with Crippen molar-refractivity contribution in [1.82, 2.24) is 5.32 Å². The molecule has 3 amide bonds. The standard InChI is InChI=1S/C39H35ClN4O3S/c1-26-33(40)18-11-19-34(26)42-39(47)36(28-12-6-4-7-13-28)48-32-17-10-16-30(25-32)41-38(46)35(43-37(45)29-14-8-5-9-15-29)24-27-20-22-31(23-21-27)44(2)3/h4-25,36H,1-3H3,(H,41,46)(H,42,47)(H,43,45)/b35-24+. The van der Waals surface area contributed by atoms with Crippen LogP contribution in [0.1, 0.15) is 32.3 Å². The Morgan fingerprint density at radius 1 is 0.771 bits per heavy atom. The Labute approximate surface area is 290 Å². The van der Waals surface area contributed by atoms with Crippen LogP contribution in [0.25, 0.3) is 6.08 Å². The average molecular weight is 675 g/mol. The summed E-state index contributed by atoms with van der Waals surface area (Å²) in [7, 11) is 3.90. The molecule has 1 atom stereocenters. The Bertz CT molecular complexity index is 1930. The van der Waals surface area contributed by atoms with E-state index in [-0.39, 0.29) is 11.6 Å². The van der Waals surface area contributed by atoms with Crippen LogP contribution >= 0.6 is 23.4 Å². The molecule has 5 aromatic rings. The Balaban J connectivity index is 1.39. The maximum atomic E-state index is 13.7. The molecule has 0 saturated heterocycles. The van der Waals surface area contributed by atoms with Gasteiger partial charge in [-0.2, -0.15) is 0 Å². The Hall–Kier alpha value is -5.31. The fourth-order valence-corrected chi connectivity index (χ4v) is 6.06. The predicted molar refractivity (Wildman–Crippen MR) is 198 cm³/mol. The van der Waals surface area contributed by atoms with Gasteiger partial charge in [0.2, 0.25) is 5.91 Å². The van der Waals surface area contributed by atoms with Crippen LogP contribution in [-0.2, 0) is 9.59 Å². The van der Waals surface area contributed by atoms with E-state index in [1.165, 1.54) is 11.8 Å². The van der Waals surface area contributed by atoms with E-state index >= 15 is 0 Å². The third-order valence-corrected chi connectivity index (χ3v) is 9.12. The van der Waals surface area contributed by atoms with Crippen LogP contribution in [0.4, 0.5) is 17.1 Å². The first-order valence-electron chi connectivity index (χ1n) is 15.2. The summed E-state index contributed by atoms with van der Waals surface area (Å²) in [5, 5.41) is 8.72. The fourth-order valence-electron chi connectivity index (χ4n) is 4.80. The first kappa shape index (κ1) is 34.0. The molecule has 48 heavy (non-hydrogen) atoms. The summed E-state index contributed by atoms with van der Waals surface area (Å²) in [5.41, 5.74) is 5.01. The molecule has 0 fully saturated rings. The van der Waals surface area contributed by atoms with Gasteiger partial charge in [-0.1, -0.05) is 84.4 Å². The average Bonchev–Trinajstić information content (AvgIpc) is 3.10. The number of hydrogen-bond donors (Lipinski definition) is 3. The molecule has 1 unspecified atom stereocenters. The molecule has 3 N–H and O–H groups in total. The van der Waals surface area contributed by atoms with Crippen molar-refractivity contribution in [2.24, 2.45) is 0 Å². The van der Waals surface area contributed by atoms with E-state index in [1.54, 1.807) is 54.6 Å². The quantitative estimate of drug-likeness (QED) is 0.0965. The van der Waals surface area contributed by atoms with E-state index in [9.17, 15) is 14.4 Å². The molecule has 0 heterocycles. The molecule has 0 aromatic heterocycles. The number of anilines is 3. The summed E-state index contributed by atoms with van der Waals surface area (Å²) >= 11 is 7.66. The van der Waals surface area contributed by atoms with E-state index in [1.807, 2.05) is 105 Å². The lowest BCUT2D eigenvalue weighted by atomic mass is 10.1. The second-order valence-corrected chi connectivity index (χ2v) is 12.7. The molecule has 0 aliphatic carbocycles. The largest absolute Gasteiger partial charge is 0.378 e. The third kappa shape index (κ3) is 8.94. The van der Waals surface area contributed by atoms with Crippen molar-refractivity contribution in [1.29, 1.82) is 0 Å². The van der Waals surface area contributed by atoms with Crippen LogP contribution in [0.15, 0.2) is 138 Å². The second-order valence-electron chi connectivity index (χ2n) is 11.2. The number of halogens is 1. The van der Waals surface area contributed by atoms with Gasteiger partial charge in [-0.25, -0.2) is 0 Å². The predicted octanol–water partition coefficient (Wildman–Crippen LogP) is 8.60. The van der Waals surface area contributed by atoms with Gasteiger partial charge in [-0.05, 0) is 84.3 Å². The van der Waals surface area contributed by atoms with Crippen LogP contribution in [0.3, 0.4) is 0 Å².